The lowest BCUT2D eigenvalue weighted by atomic mass is 9.94. The van der Waals surface area contributed by atoms with Crippen LogP contribution in [0, 0.1) is 12.7 Å². The first-order valence-electron chi connectivity index (χ1n) is 6.69. The zero-order valence-electron chi connectivity index (χ0n) is 10.8. The van der Waals surface area contributed by atoms with Gasteiger partial charge in [0.1, 0.15) is 5.82 Å². The molecule has 0 saturated heterocycles. The van der Waals surface area contributed by atoms with Crippen molar-refractivity contribution < 1.29 is 4.39 Å². The molecule has 1 atom stereocenters. The van der Waals surface area contributed by atoms with Gasteiger partial charge < -0.3 is 5.32 Å². The smallest absolute Gasteiger partial charge is 0.126 e. The molecule has 1 aromatic carbocycles. The van der Waals surface area contributed by atoms with E-state index in [1.807, 2.05) is 12.1 Å². The van der Waals surface area contributed by atoms with Crippen molar-refractivity contribution in [3.63, 3.8) is 0 Å². The molecule has 0 spiro atoms. The minimum atomic E-state index is -0.0974. The molecule has 1 aromatic rings. The molecular weight excluding hydrogens is 213 g/mol. The maximum absolute atomic E-state index is 13.5. The molecule has 94 valence electrons. The molecule has 1 aliphatic rings. The van der Waals surface area contributed by atoms with E-state index in [2.05, 4.69) is 12.2 Å². The van der Waals surface area contributed by atoms with E-state index in [9.17, 15) is 4.39 Å². The van der Waals surface area contributed by atoms with Gasteiger partial charge in [0.15, 0.2) is 0 Å². The van der Waals surface area contributed by atoms with Crippen molar-refractivity contribution in [2.75, 3.05) is 0 Å². The summed E-state index contributed by atoms with van der Waals surface area (Å²) in [7, 11) is 0. The highest BCUT2D eigenvalue weighted by Gasteiger charge is 2.16. The van der Waals surface area contributed by atoms with E-state index >= 15 is 0 Å². The maximum atomic E-state index is 13.5. The molecule has 1 N–H and O–H groups in total. The molecule has 1 nitrogen and oxygen atoms in total. The molecule has 2 heteroatoms. The highest BCUT2D eigenvalue weighted by molar-refractivity contribution is 5.25. The quantitative estimate of drug-likeness (QED) is 0.831. The van der Waals surface area contributed by atoms with Crippen LogP contribution < -0.4 is 5.32 Å². The largest absolute Gasteiger partial charge is 0.307 e. The van der Waals surface area contributed by atoms with Crippen LogP contribution >= 0.6 is 0 Å². The van der Waals surface area contributed by atoms with Gasteiger partial charge in [-0.1, -0.05) is 31.4 Å². The van der Waals surface area contributed by atoms with Crippen LogP contribution in [0.3, 0.4) is 0 Å². The standard InChI is InChI=1S/C15H22FN/c1-11-8-9-13(10-15(11)16)12(2)17-14-6-4-3-5-7-14/h8-10,12,14,17H,3-7H2,1-2H3. The maximum Gasteiger partial charge on any atom is 0.126 e. The first kappa shape index (κ1) is 12.6. The Labute approximate surface area is 103 Å². The van der Waals surface area contributed by atoms with E-state index < -0.39 is 0 Å². The lowest BCUT2D eigenvalue weighted by molar-refractivity contribution is 0.346. The minimum Gasteiger partial charge on any atom is -0.307 e. The molecule has 1 saturated carbocycles. The van der Waals surface area contributed by atoms with Crippen LogP contribution in [0.15, 0.2) is 18.2 Å². The summed E-state index contributed by atoms with van der Waals surface area (Å²) in [4.78, 5) is 0. The second kappa shape index (κ2) is 5.63. The molecule has 0 heterocycles. The average molecular weight is 235 g/mol. The van der Waals surface area contributed by atoms with E-state index in [-0.39, 0.29) is 11.9 Å². The highest BCUT2D eigenvalue weighted by Crippen LogP contribution is 2.22. The summed E-state index contributed by atoms with van der Waals surface area (Å²) in [5, 5.41) is 3.62. The summed E-state index contributed by atoms with van der Waals surface area (Å²) >= 11 is 0. The van der Waals surface area contributed by atoms with Gasteiger partial charge in [0.05, 0.1) is 0 Å². The second-order valence-electron chi connectivity index (χ2n) is 5.23. The van der Waals surface area contributed by atoms with Crippen molar-refractivity contribution in [3.05, 3.63) is 35.1 Å². The predicted molar refractivity (Wildman–Crippen MR) is 69.6 cm³/mol. The van der Waals surface area contributed by atoms with Crippen molar-refractivity contribution in [1.82, 2.24) is 5.32 Å². The molecule has 0 aliphatic heterocycles. The van der Waals surface area contributed by atoms with Crippen LogP contribution in [0.5, 0.6) is 0 Å². The summed E-state index contributed by atoms with van der Waals surface area (Å²) in [6, 6.07) is 6.41. The Morgan fingerprint density at radius 2 is 1.94 bits per heavy atom. The number of nitrogens with one attached hydrogen (secondary N) is 1. The van der Waals surface area contributed by atoms with Gasteiger partial charge in [0, 0.05) is 12.1 Å². The molecule has 0 amide bonds. The van der Waals surface area contributed by atoms with Crippen molar-refractivity contribution in [2.24, 2.45) is 0 Å². The Kier molecular flexibility index (Phi) is 4.16. The first-order valence-corrected chi connectivity index (χ1v) is 6.69. The first-order chi connectivity index (χ1) is 8.16. The molecule has 1 unspecified atom stereocenters. The number of hydrogen-bond donors (Lipinski definition) is 1. The number of halogens is 1. The summed E-state index contributed by atoms with van der Waals surface area (Å²) in [6.07, 6.45) is 6.54. The van der Waals surface area contributed by atoms with Crippen LogP contribution in [-0.4, -0.2) is 6.04 Å². The Balaban J connectivity index is 1.98. The van der Waals surface area contributed by atoms with Crippen LogP contribution in [0.25, 0.3) is 0 Å². The number of rotatable bonds is 3. The Hall–Kier alpha value is -0.890. The average Bonchev–Trinajstić information content (AvgIpc) is 2.34. The third kappa shape index (κ3) is 3.29. The summed E-state index contributed by atoms with van der Waals surface area (Å²) in [6.45, 7) is 3.93. The van der Waals surface area contributed by atoms with Crippen molar-refractivity contribution >= 4 is 0 Å². The molecule has 2 rings (SSSR count). The van der Waals surface area contributed by atoms with E-state index in [0.717, 1.165) is 11.1 Å². The van der Waals surface area contributed by atoms with Crippen molar-refractivity contribution in [2.45, 2.75) is 58.0 Å². The fourth-order valence-corrected chi connectivity index (χ4v) is 2.60. The van der Waals surface area contributed by atoms with E-state index in [0.29, 0.717) is 6.04 Å². The van der Waals surface area contributed by atoms with Crippen LogP contribution in [0.4, 0.5) is 4.39 Å². The van der Waals surface area contributed by atoms with Crippen LogP contribution in [0.2, 0.25) is 0 Å². The van der Waals surface area contributed by atoms with Gasteiger partial charge in [-0.2, -0.15) is 0 Å². The fourth-order valence-electron chi connectivity index (χ4n) is 2.60. The molecule has 17 heavy (non-hydrogen) atoms. The fraction of sp³-hybridized carbons (Fsp3) is 0.600. The van der Waals surface area contributed by atoms with E-state index in [1.54, 1.807) is 13.0 Å². The van der Waals surface area contributed by atoms with Gasteiger partial charge in [-0.3, -0.25) is 0 Å². The predicted octanol–water partition coefficient (Wildman–Crippen LogP) is 4.12. The number of hydrogen-bond acceptors (Lipinski definition) is 1. The number of aryl methyl sites for hydroxylation is 1. The zero-order valence-corrected chi connectivity index (χ0v) is 10.8. The van der Waals surface area contributed by atoms with Crippen LogP contribution in [0.1, 0.15) is 56.2 Å². The second-order valence-corrected chi connectivity index (χ2v) is 5.23. The molecule has 0 radical (unpaired) electrons. The zero-order chi connectivity index (χ0) is 12.3. The van der Waals surface area contributed by atoms with Gasteiger partial charge in [-0.05, 0) is 43.9 Å². The lowest BCUT2D eigenvalue weighted by Crippen LogP contribution is -2.33. The Morgan fingerprint density at radius 1 is 1.24 bits per heavy atom. The van der Waals surface area contributed by atoms with Gasteiger partial charge in [-0.15, -0.1) is 0 Å². The van der Waals surface area contributed by atoms with Gasteiger partial charge >= 0.3 is 0 Å². The molecule has 1 fully saturated rings. The topological polar surface area (TPSA) is 12.0 Å². The van der Waals surface area contributed by atoms with Crippen LogP contribution in [-0.2, 0) is 0 Å². The third-order valence-corrected chi connectivity index (χ3v) is 3.79. The molecule has 1 aliphatic carbocycles. The summed E-state index contributed by atoms with van der Waals surface area (Å²) in [5.74, 6) is -0.0974. The van der Waals surface area contributed by atoms with Gasteiger partial charge in [-0.25, -0.2) is 4.39 Å². The Morgan fingerprint density at radius 3 is 2.59 bits per heavy atom. The van der Waals surface area contributed by atoms with Crippen molar-refractivity contribution in [1.29, 1.82) is 0 Å². The van der Waals surface area contributed by atoms with Gasteiger partial charge in [0.25, 0.3) is 0 Å². The van der Waals surface area contributed by atoms with E-state index in [1.165, 1.54) is 32.1 Å². The number of benzene rings is 1. The molecular formula is C15H22FN. The SMILES string of the molecule is Cc1ccc(C(C)NC2CCCCC2)cc1F. The third-order valence-electron chi connectivity index (χ3n) is 3.79. The lowest BCUT2D eigenvalue weighted by Gasteiger charge is -2.27. The van der Waals surface area contributed by atoms with E-state index in [4.69, 9.17) is 0 Å². The summed E-state index contributed by atoms with van der Waals surface area (Å²) < 4.78 is 13.5. The molecule has 0 aromatic heterocycles. The summed E-state index contributed by atoms with van der Waals surface area (Å²) in [5.41, 5.74) is 1.78. The normalized spacial score (nSPS) is 19.2. The minimum absolute atomic E-state index is 0.0974. The molecule has 0 bridgehead atoms. The van der Waals surface area contributed by atoms with Gasteiger partial charge in [0.2, 0.25) is 0 Å². The highest BCUT2D eigenvalue weighted by atomic mass is 19.1. The monoisotopic (exact) mass is 235 g/mol. The Bertz CT molecular complexity index is 369. The van der Waals surface area contributed by atoms with Crippen molar-refractivity contribution in [3.8, 4) is 0 Å².